The number of aliphatic imine (C=N–C) groups is 1. The van der Waals surface area contributed by atoms with E-state index < -0.39 is 34.3 Å². The number of fused-ring (bicyclic) bond motifs is 1. The summed E-state index contributed by atoms with van der Waals surface area (Å²) in [5.74, 6) is -2.71. The molecule has 0 saturated heterocycles. The van der Waals surface area contributed by atoms with Gasteiger partial charge >= 0.3 is 11.9 Å². The Kier molecular flexibility index (Phi) is 11.4. The molecule has 15 nitrogen and oxygen atoms in total. The summed E-state index contributed by atoms with van der Waals surface area (Å²) in [7, 11) is 6.28. The summed E-state index contributed by atoms with van der Waals surface area (Å²) in [5.41, 5.74) is 2.32. The molecule has 2 aromatic heterocycles. The number of urea groups is 1. The molecule has 0 fully saturated rings. The molecular formula is C39H40F2N9O6+. The lowest BCUT2D eigenvalue weighted by atomic mass is 10.00. The molecule has 6 rings (SSSR count). The van der Waals surface area contributed by atoms with Gasteiger partial charge in [0.2, 0.25) is 5.95 Å². The Morgan fingerprint density at radius 1 is 1.11 bits per heavy atom. The highest BCUT2D eigenvalue weighted by Gasteiger charge is 2.40. The number of hydrogen-bond donors (Lipinski definition) is 1. The maximum Gasteiger partial charge on any atom is 0.368 e. The maximum absolute atomic E-state index is 15.9. The van der Waals surface area contributed by atoms with Gasteiger partial charge in [0.05, 0.1) is 53.0 Å². The van der Waals surface area contributed by atoms with E-state index in [1.165, 1.54) is 37.6 Å². The van der Waals surface area contributed by atoms with Gasteiger partial charge in [-0.2, -0.15) is 4.98 Å². The molecule has 2 amide bonds. The second-order valence-electron chi connectivity index (χ2n) is 13.8. The second-order valence-corrected chi connectivity index (χ2v) is 13.8. The third kappa shape index (κ3) is 8.37. The highest BCUT2D eigenvalue weighted by atomic mass is 19.1. The number of quaternary nitrogens is 1. The quantitative estimate of drug-likeness (QED) is 0.0626. The summed E-state index contributed by atoms with van der Waals surface area (Å²) in [6.45, 7) is 2.33. The first-order valence-corrected chi connectivity index (χ1v) is 17.5. The van der Waals surface area contributed by atoms with Gasteiger partial charge in [-0.3, -0.25) is 19.6 Å². The third-order valence-corrected chi connectivity index (χ3v) is 9.35. The lowest BCUT2D eigenvalue weighted by molar-refractivity contribution is -0.880. The van der Waals surface area contributed by atoms with E-state index in [4.69, 9.17) is 9.47 Å². The molecule has 0 bridgehead atoms. The van der Waals surface area contributed by atoms with Crippen LogP contribution in [0.1, 0.15) is 36.1 Å². The van der Waals surface area contributed by atoms with Crippen LogP contribution in [0.25, 0.3) is 0 Å². The number of allylic oxidation sites excluding steroid dienone is 1. The Labute approximate surface area is 321 Å². The van der Waals surface area contributed by atoms with E-state index in [1.54, 1.807) is 61.8 Å². The summed E-state index contributed by atoms with van der Waals surface area (Å²) in [5, 5.41) is 14.4. The Bertz CT molecular complexity index is 2240. The Balaban J connectivity index is 1.27. The molecule has 2 aromatic carbocycles. The van der Waals surface area contributed by atoms with Crippen LogP contribution in [0, 0.1) is 21.7 Å². The number of nitrogens with one attached hydrogen (secondary N) is 1. The minimum absolute atomic E-state index is 0.0494. The van der Waals surface area contributed by atoms with Gasteiger partial charge in [0.25, 0.3) is 0 Å². The number of likely N-dealkylation sites (N-methyl/N-ethyl adjacent to an activating group) is 1. The highest BCUT2D eigenvalue weighted by molar-refractivity contribution is 6.06. The Hall–Kier alpha value is -6.62. The molecule has 56 heavy (non-hydrogen) atoms. The van der Waals surface area contributed by atoms with Gasteiger partial charge in [-0.1, -0.05) is 29.3 Å². The maximum atomic E-state index is 15.9. The van der Waals surface area contributed by atoms with Crippen LogP contribution in [0.15, 0.2) is 89.6 Å². The lowest BCUT2D eigenvalue weighted by Crippen LogP contribution is -2.49. The predicted molar refractivity (Wildman–Crippen MR) is 205 cm³/mol. The van der Waals surface area contributed by atoms with E-state index >= 15 is 8.78 Å². The van der Waals surface area contributed by atoms with Gasteiger partial charge in [0.1, 0.15) is 24.3 Å². The molecule has 17 heteroatoms. The molecule has 2 aliphatic rings. The number of rotatable bonds is 15. The highest BCUT2D eigenvalue weighted by Crippen LogP contribution is 2.42. The molecule has 1 atom stereocenters. The van der Waals surface area contributed by atoms with Crippen LogP contribution in [-0.2, 0) is 17.8 Å². The van der Waals surface area contributed by atoms with E-state index in [0.717, 1.165) is 11.0 Å². The number of anilines is 4. The number of carbonyl (C=O) groups excluding carboxylic acids is 2. The van der Waals surface area contributed by atoms with E-state index in [-0.39, 0.29) is 47.8 Å². The monoisotopic (exact) mass is 768 g/mol. The van der Waals surface area contributed by atoms with Gasteiger partial charge in [-0.25, -0.2) is 18.6 Å². The van der Waals surface area contributed by atoms with Gasteiger partial charge < -0.3 is 29.4 Å². The normalized spacial score (nSPS) is 14.7. The van der Waals surface area contributed by atoms with Gasteiger partial charge in [0.15, 0.2) is 28.9 Å². The molecule has 0 saturated carbocycles. The minimum atomic E-state index is -1.09. The molecule has 2 aliphatic heterocycles. The third-order valence-electron chi connectivity index (χ3n) is 9.35. The summed E-state index contributed by atoms with van der Waals surface area (Å²) >= 11 is 0. The van der Waals surface area contributed by atoms with Crippen LogP contribution < -0.4 is 24.6 Å². The van der Waals surface area contributed by atoms with Crippen molar-refractivity contribution in [1.82, 2.24) is 15.0 Å². The van der Waals surface area contributed by atoms with Crippen molar-refractivity contribution in [1.29, 1.82) is 0 Å². The first-order valence-electron chi connectivity index (χ1n) is 17.5. The van der Waals surface area contributed by atoms with Crippen molar-refractivity contribution in [3.8, 4) is 11.5 Å². The fourth-order valence-electron chi connectivity index (χ4n) is 6.59. The average molecular weight is 769 g/mol. The van der Waals surface area contributed by atoms with Crippen LogP contribution in [0.4, 0.5) is 36.7 Å². The average Bonchev–Trinajstić information content (AvgIpc) is 3.63. The number of methoxy groups -OCH3 is 2. The Morgan fingerprint density at radius 2 is 1.82 bits per heavy atom. The molecule has 0 spiro atoms. The molecule has 1 N–H and O–H groups in total. The van der Waals surface area contributed by atoms with Crippen molar-refractivity contribution in [2.75, 3.05) is 56.5 Å². The summed E-state index contributed by atoms with van der Waals surface area (Å²) in [6, 6.07) is 10.1. The fourth-order valence-corrected chi connectivity index (χ4v) is 6.59. The van der Waals surface area contributed by atoms with E-state index in [2.05, 4.69) is 25.3 Å². The molecule has 290 valence electrons. The summed E-state index contributed by atoms with van der Waals surface area (Å²) in [6.07, 6.45) is 9.91. The van der Waals surface area contributed by atoms with Crippen LogP contribution in [0.3, 0.4) is 0 Å². The molecule has 0 aliphatic carbocycles. The number of hydrogen-bond acceptors (Lipinski definition) is 11. The van der Waals surface area contributed by atoms with Gasteiger partial charge in [-0.15, -0.1) is 0 Å². The molecular weight excluding hydrogens is 728 g/mol. The van der Waals surface area contributed by atoms with Crippen molar-refractivity contribution < 1.29 is 37.2 Å². The largest absolute Gasteiger partial charge is 0.493 e. The van der Waals surface area contributed by atoms with Crippen LogP contribution in [0.5, 0.6) is 11.5 Å². The van der Waals surface area contributed by atoms with E-state index in [0.29, 0.717) is 51.9 Å². The topological polar surface area (TPSA) is 165 Å². The first kappa shape index (κ1) is 39.1. The number of benzene rings is 2. The van der Waals surface area contributed by atoms with Crippen LogP contribution in [0.2, 0.25) is 0 Å². The number of nitrogens with zero attached hydrogens (tertiary/aromatic N) is 8. The van der Waals surface area contributed by atoms with Gasteiger partial charge in [0, 0.05) is 48.7 Å². The van der Waals surface area contributed by atoms with Crippen molar-refractivity contribution in [2.45, 2.75) is 32.4 Å². The zero-order valence-electron chi connectivity index (χ0n) is 31.4. The van der Waals surface area contributed by atoms with E-state index in [1.807, 2.05) is 14.1 Å². The van der Waals surface area contributed by atoms with Crippen molar-refractivity contribution >= 4 is 41.2 Å². The number of pyridine rings is 1. The van der Waals surface area contributed by atoms with Gasteiger partial charge in [-0.05, 0) is 47.3 Å². The number of amides is 2. The summed E-state index contributed by atoms with van der Waals surface area (Å²) < 4.78 is 42.4. The van der Waals surface area contributed by atoms with Crippen LogP contribution >= 0.6 is 0 Å². The predicted octanol–water partition coefficient (Wildman–Crippen LogP) is 6.33. The first-order chi connectivity index (χ1) is 26.8. The number of ether oxygens (including phenoxy) is 2. The van der Waals surface area contributed by atoms with Crippen molar-refractivity contribution in [3.05, 3.63) is 123 Å². The smallest absolute Gasteiger partial charge is 0.368 e. The molecule has 1 unspecified atom stereocenters. The zero-order chi connectivity index (χ0) is 40.1. The van der Waals surface area contributed by atoms with Crippen LogP contribution in [-0.4, -0.2) is 83.8 Å². The molecule has 4 aromatic rings. The Morgan fingerprint density at radius 3 is 2.50 bits per heavy atom. The minimum Gasteiger partial charge on any atom is -0.493 e. The number of aromatic nitrogens is 3. The molecule has 0 radical (unpaired) electrons. The lowest BCUT2D eigenvalue weighted by Gasteiger charge is -2.39. The number of carbonyl (C=O) groups is 2. The zero-order valence-corrected chi connectivity index (χ0v) is 31.4. The van der Waals surface area contributed by atoms with Crippen molar-refractivity contribution in [3.63, 3.8) is 0 Å². The number of halogens is 2. The number of nitro groups is 1. The van der Waals surface area contributed by atoms with Crippen molar-refractivity contribution in [2.24, 2.45) is 4.99 Å². The standard InChI is InChI=1S/C39H40F2N9O6/c1-24(26-9-6-8-25(18-26)19-30(51)10-7-17-50(2,3)23-27-11-16-43-36(27)49(53)54)48-37-28(21-44-38(46-37)45-29-12-14-42-15-13-29)22-47(39(48)52)35-33(40)31(55-4)20-32(56-5)34(35)41/h6-10,12-16,18,20-21,24H,11,17,19,22-23H2,1-5H3,(H,42,44,45,46)/q+1/b10-7+. The van der Waals surface area contributed by atoms with E-state index in [9.17, 15) is 19.7 Å². The SMILES string of the molecule is COc1cc(OC)c(F)c(N2Cc3cnc(Nc4ccncc4)nc3N(C(C)c3cccc(CC(=O)/C=C/C[N+](C)(C)CC4=C([N+](=O)[O-])N=CC4)c3)C2=O)c1F. The molecule has 4 heterocycles. The number of ketones is 1. The summed E-state index contributed by atoms with van der Waals surface area (Å²) in [4.78, 5) is 57.8. The second kappa shape index (κ2) is 16.4. The fraction of sp³-hybridized carbons (Fsp3) is 0.282.